The lowest BCUT2D eigenvalue weighted by Gasteiger charge is -2.05. The van der Waals surface area contributed by atoms with Crippen LogP contribution < -0.4 is 5.73 Å². The second kappa shape index (κ2) is 9.83. The van der Waals surface area contributed by atoms with E-state index in [0.29, 0.717) is 0 Å². The van der Waals surface area contributed by atoms with E-state index in [1.54, 1.807) is 0 Å². The van der Waals surface area contributed by atoms with Gasteiger partial charge in [-0.25, -0.2) is 0 Å². The predicted molar refractivity (Wildman–Crippen MR) is 99.2 cm³/mol. The highest BCUT2D eigenvalue weighted by Crippen LogP contribution is 2.13. The molecule has 0 spiro atoms. The molecule has 1 heteroatoms. The Hall–Kier alpha value is -2.02. The lowest BCUT2D eigenvalue weighted by Crippen LogP contribution is -1.92. The molecule has 0 heterocycles. The highest BCUT2D eigenvalue weighted by Gasteiger charge is 1.98. The number of unbranched alkanes of at least 4 members (excludes halogenated alkanes) is 1. The molecule has 0 saturated carbocycles. The molecule has 0 fully saturated rings. The molecule has 0 aliphatic carbocycles. The fourth-order valence-corrected chi connectivity index (χ4v) is 2.22. The van der Waals surface area contributed by atoms with Crippen LogP contribution in [0.2, 0.25) is 0 Å². The van der Waals surface area contributed by atoms with Crippen LogP contribution in [0.5, 0.6) is 0 Å². The van der Waals surface area contributed by atoms with Crippen LogP contribution in [0.4, 0.5) is 5.69 Å². The quantitative estimate of drug-likeness (QED) is 0.426. The van der Waals surface area contributed by atoms with Gasteiger partial charge in [0.05, 0.1) is 0 Å². The molecule has 0 radical (unpaired) electrons. The molecule has 1 nitrogen and oxygen atoms in total. The molecule has 0 unspecified atom stereocenters. The van der Waals surface area contributed by atoms with Gasteiger partial charge in [-0.05, 0) is 75.3 Å². The third-order valence-corrected chi connectivity index (χ3v) is 3.40. The van der Waals surface area contributed by atoms with Crippen molar-refractivity contribution in [2.75, 3.05) is 5.73 Å². The summed E-state index contributed by atoms with van der Waals surface area (Å²) in [4.78, 5) is 0. The van der Waals surface area contributed by atoms with Gasteiger partial charge in [0.25, 0.3) is 0 Å². The molecule has 0 aliphatic rings. The number of hydrogen-bond acceptors (Lipinski definition) is 1. The first kappa shape index (κ1) is 18.0. The van der Waals surface area contributed by atoms with Crippen LogP contribution in [0.15, 0.2) is 60.7 Å². The van der Waals surface area contributed by atoms with Gasteiger partial charge < -0.3 is 5.73 Å². The molecule has 0 bridgehead atoms. The Kier molecular flexibility index (Phi) is 8.06. The first-order valence-electron chi connectivity index (χ1n) is 8.00. The predicted octanol–water partition coefficient (Wildman–Crippen LogP) is 5.73. The summed E-state index contributed by atoms with van der Waals surface area (Å²) in [6, 6.07) is 16.9. The van der Waals surface area contributed by atoms with Gasteiger partial charge >= 0.3 is 0 Å². The van der Waals surface area contributed by atoms with E-state index in [0.717, 1.165) is 12.1 Å². The van der Waals surface area contributed by atoms with E-state index in [4.69, 9.17) is 5.73 Å². The molecular weight excluding hydrogens is 266 g/mol. The zero-order valence-electron chi connectivity index (χ0n) is 14.2. The summed E-state index contributed by atoms with van der Waals surface area (Å²) < 4.78 is 0. The monoisotopic (exact) mass is 295 g/mol. The van der Waals surface area contributed by atoms with E-state index >= 15 is 0 Å². The van der Waals surface area contributed by atoms with Gasteiger partial charge in [-0.1, -0.05) is 42.0 Å². The summed E-state index contributed by atoms with van der Waals surface area (Å²) in [6.45, 7) is 9.69. The van der Waals surface area contributed by atoms with Gasteiger partial charge in [0, 0.05) is 5.69 Å². The topological polar surface area (TPSA) is 26.0 Å². The van der Waals surface area contributed by atoms with E-state index in [-0.39, 0.29) is 0 Å². The minimum atomic E-state index is 0.846. The van der Waals surface area contributed by atoms with Gasteiger partial charge in [0.15, 0.2) is 0 Å². The van der Waals surface area contributed by atoms with Gasteiger partial charge in [-0.15, -0.1) is 6.58 Å². The van der Waals surface area contributed by atoms with Crippen LogP contribution in [0.25, 0.3) is 0 Å². The first-order valence-corrected chi connectivity index (χ1v) is 8.00. The molecule has 2 N–H and O–H groups in total. The summed E-state index contributed by atoms with van der Waals surface area (Å²) in [5, 5.41) is 0. The lowest BCUT2D eigenvalue weighted by molar-refractivity contribution is 0.732. The molecule has 22 heavy (non-hydrogen) atoms. The summed E-state index contributed by atoms with van der Waals surface area (Å²) in [7, 11) is 0. The average Bonchev–Trinajstić information content (AvgIpc) is 2.46. The molecule has 0 saturated heterocycles. The maximum atomic E-state index is 5.67. The second-order valence-electron chi connectivity index (χ2n) is 6.08. The molecule has 0 aliphatic heterocycles. The smallest absolute Gasteiger partial charge is 0.0314 e. The van der Waals surface area contributed by atoms with Crippen LogP contribution in [0.1, 0.15) is 43.4 Å². The van der Waals surface area contributed by atoms with Gasteiger partial charge in [-0.3, -0.25) is 0 Å². The molecule has 2 rings (SSSR count). The van der Waals surface area contributed by atoms with E-state index in [9.17, 15) is 0 Å². The Morgan fingerprint density at radius 2 is 1.45 bits per heavy atom. The van der Waals surface area contributed by atoms with Gasteiger partial charge in [0.1, 0.15) is 0 Å². The molecule has 0 amide bonds. The lowest BCUT2D eigenvalue weighted by atomic mass is 10.0. The highest BCUT2D eigenvalue weighted by atomic mass is 14.5. The zero-order valence-corrected chi connectivity index (χ0v) is 14.2. The van der Waals surface area contributed by atoms with Crippen molar-refractivity contribution in [1.29, 1.82) is 0 Å². The van der Waals surface area contributed by atoms with E-state index in [1.165, 1.54) is 41.5 Å². The number of nitrogen functional groups attached to an aromatic ring is 1. The van der Waals surface area contributed by atoms with E-state index in [1.807, 2.05) is 26.0 Å². The normalized spacial score (nSPS) is 9.77. The van der Waals surface area contributed by atoms with Crippen LogP contribution >= 0.6 is 0 Å². The van der Waals surface area contributed by atoms with Crippen LogP contribution in [-0.2, 0) is 12.8 Å². The highest BCUT2D eigenvalue weighted by molar-refractivity contribution is 5.39. The summed E-state index contributed by atoms with van der Waals surface area (Å²) in [5.74, 6) is 0. The Balaban J connectivity index is 0.000000541. The van der Waals surface area contributed by atoms with Crippen molar-refractivity contribution in [2.45, 2.75) is 46.5 Å². The minimum Gasteiger partial charge on any atom is -0.399 e. The summed E-state index contributed by atoms with van der Waals surface area (Å²) in [5.41, 5.74) is 12.0. The number of anilines is 1. The van der Waals surface area contributed by atoms with Crippen molar-refractivity contribution in [3.05, 3.63) is 77.4 Å². The molecule has 2 aromatic carbocycles. The first-order chi connectivity index (χ1) is 10.5. The number of hydrogen-bond donors (Lipinski definition) is 1. The van der Waals surface area contributed by atoms with Crippen molar-refractivity contribution in [3.8, 4) is 0 Å². The largest absolute Gasteiger partial charge is 0.399 e. The maximum Gasteiger partial charge on any atom is 0.0314 e. The number of nitrogens with two attached hydrogens (primary N) is 1. The molecular formula is C21H29N. The third-order valence-electron chi connectivity index (χ3n) is 3.40. The van der Waals surface area contributed by atoms with Gasteiger partial charge in [-0.2, -0.15) is 0 Å². The average molecular weight is 295 g/mol. The van der Waals surface area contributed by atoms with Crippen molar-refractivity contribution < 1.29 is 0 Å². The van der Waals surface area contributed by atoms with E-state index < -0.39 is 0 Å². The molecule has 0 aromatic heterocycles. The Morgan fingerprint density at radius 3 is 2.05 bits per heavy atom. The van der Waals surface area contributed by atoms with Crippen molar-refractivity contribution in [3.63, 3.8) is 0 Å². The van der Waals surface area contributed by atoms with Crippen molar-refractivity contribution in [1.82, 2.24) is 0 Å². The minimum absolute atomic E-state index is 0.846. The van der Waals surface area contributed by atoms with Crippen LogP contribution in [0.3, 0.4) is 0 Å². The van der Waals surface area contributed by atoms with Crippen molar-refractivity contribution >= 4 is 5.69 Å². The number of benzene rings is 2. The molecule has 2 aromatic rings. The number of allylic oxidation sites excluding steroid dienone is 1. The van der Waals surface area contributed by atoms with Crippen LogP contribution in [-0.4, -0.2) is 0 Å². The van der Waals surface area contributed by atoms with Crippen LogP contribution in [0, 0.1) is 6.92 Å². The fraction of sp³-hybridized carbons (Fsp3) is 0.333. The van der Waals surface area contributed by atoms with Crippen molar-refractivity contribution in [2.24, 2.45) is 0 Å². The zero-order chi connectivity index (χ0) is 16.4. The maximum absolute atomic E-state index is 5.67. The molecule has 0 atom stereocenters. The summed E-state index contributed by atoms with van der Waals surface area (Å²) in [6.07, 6.45) is 4.81. The third kappa shape index (κ3) is 7.68. The van der Waals surface area contributed by atoms with Gasteiger partial charge in [0.2, 0.25) is 0 Å². The standard InChI is InChI=1S/C17H21N.C4H8/c1-14-6-2-4-8-16(14)9-5-3-7-15-10-12-17(18)13-11-15;1-4(2)3/h2,4,6,8,10-13H,3,5,7,9,18H2,1H3;1H2,2-3H3. The Bertz CT molecular complexity index is 563. The number of rotatable bonds is 5. The molecule has 118 valence electrons. The fourth-order valence-electron chi connectivity index (χ4n) is 2.22. The Morgan fingerprint density at radius 1 is 0.909 bits per heavy atom. The Labute approximate surface area is 135 Å². The summed E-state index contributed by atoms with van der Waals surface area (Å²) >= 11 is 0. The SMILES string of the molecule is C=C(C)C.Cc1ccccc1CCCCc1ccc(N)cc1. The number of aryl methyl sites for hydroxylation is 3. The second-order valence-corrected chi connectivity index (χ2v) is 6.08. The van der Waals surface area contributed by atoms with E-state index in [2.05, 4.69) is 49.9 Å².